The van der Waals surface area contributed by atoms with Gasteiger partial charge in [-0.2, -0.15) is 0 Å². The van der Waals surface area contributed by atoms with E-state index in [1.54, 1.807) is 20.3 Å². The van der Waals surface area contributed by atoms with Crippen molar-refractivity contribution in [3.05, 3.63) is 59.1 Å². The van der Waals surface area contributed by atoms with Crippen molar-refractivity contribution in [2.75, 3.05) is 38.8 Å². The van der Waals surface area contributed by atoms with Crippen LogP contribution >= 0.6 is 0 Å². The highest BCUT2D eigenvalue weighted by atomic mass is 16.5. The number of fused-ring (bicyclic) bond motifs is 1. The van der Waals surface area contributed by atoms with Gasteiger partial charge in [-0.1, -0.05) is 6.07 Å². The summed E-state index contributed by atoms with van der Waals surface area (Å²) >= 11 is 0. The second-order valence-corrected chi connectivity index (χ2v) is 7.08. The highest BCUT2D eigenvalue weighted by Gasteiger charge is 2.13. The third kappa shape index (κ3) is 4.99. The number of rotatable bonds is 9. The topological polar surface area (TPSA) is 87.8 Å². The number of nitrogens with zero attached hydrogens (tertiary/aromatic N) is 1. The second-order valence-electron chi connectivity index (χ2n) is 7.08. The quantitative estimate of drug-likeness (QED) is 0.547. The van der Waals surface area contributed by atoms with E-state index in [-0.39, 0.29) is 17.0 Å². The first-order valence-corrected chi connectivity index (χ1v) is 10.4. The lowest BCUT2D eigenvalue weighted by Crippen LogP contribution is -2.30. The first-order valence-electron chi connectivity index (χ1n) is 10.4. The van der Waals surface area contributed by atoms with Gasteiger partial charge in [0.05, 0.1) is 14.2 Å². The van der Waals surface area contributed by atoms with E-state index in [9.17, 15) is 4.79 Å². The number of amides is 1. The van der Waals surface area contributed by atoms with E-state index in [0.29, 0.717) is 30.0 Å². The molecule has 2 N–H and O–H groups in total. The summed E-state index contributed by atoms with van der Waals surface area (Å²) in [6.07, 6.45) is 0.622. The van der Waals surface area contributed by atoms with E-state index in [0.717, 1.165) is 29.7 Å². The molecule has 0 bridgehead atoms. The number of methoxy groups -OCH3 is 2. The van der Waals surface area contributed by atoms with Crippen LogP contribution in [0.1, 0.15) is 29.8 Å². The maximum Gasteiger partial charge on any atom is 0.256 e. The molecule has 7 heteroatoms. The smallest absolute Gasteiger partial charge is 0.256 e. The van der Waals surface area contributed by atoms with Crippen molar-refractivity contribution in [2.24, 2.45) is 0 Å². The number of ether oxygens (including phenoxy) is 2. The molecular weight excluding hydrogens is 394 g/mol. The highest BCUT2D eigenvalue weighted by molar-refractivity contribution is 5.96. The van der Waals surface area contributed by atoms with Gasteiger partial charge in [-0.3, -0.25) is 10.2 Å². The SMILES string of the molecule is CCN(CC)c1ccc2cc(C(=O)NCCc3ccc(OC)c(OC)c3)c(=N)oc2c1. The molecule has 2 aromatic carbocycles. The van der Waals surface area contributed by atoms with Crippen molar-refractivity contribution in [3.8, 4) is 11.5 Å². The number of carbonyl (C=O) groups excluding carboxylic acids is 1. The molecule has 0 saturated heterocycles. The molecule has 3 aromatic rings. The molecule has 31 heavy (non-hydrogen) atoms. The van der Waals surface area contributed by atoms with Gasteiger partial charge in [-0.25, -0.2) is 0 Å². The molecule has 0 fully saturated rings. The molecule has 0 atom stereocenters. The molecule has 164 valence electrons. The second kappa shape index (κ2) is 10.0. The van der Waals surface area contributed by atoms with E-state index in [4.69, 9.17) is 19.3 Å². The van der Waals surface area contributed by atoms with Crippen molar-refractivity contribution in [1.82, 2.24) is 5.32 Å². The van der Waals surface area contributed by atoms with Gasteiger partial charge in [0, 0.05) is 36.8 Å². The first kappa shape index (κ1) is 22.2. The van der Waals surface area contributed by atoms with Crippen LogP contribution in [-0.2, 0) is 6.42 Å². The standard InChI is InChI=1S/C24H29N3O4/c1-5-27(6-2)18-9-8-17-14-19(23(25)31-21(17)15-18)24(28)26-12-11-16-7-10-20(29-3)22(13-16)30-4/h7-10,13-15,25H,5-6,11-12H2,1-4H3,(H,26,28). The number of anilines is 1. The number of hydrogen-bond acceptors (Lipinski definition) is 6. The summed E-state index contributed by atoms with van der Waals surface area (Å²) in [7, 11) is 3.18. The van der Waals surface area contributed by atoms with Gasteiger partial charge in [-0.15, -0.1) is 0 Å². The van der Waals surface area contributed by atoms with Crippen molar-refractivity contribution >= 4 is 22.6 Å². The molecule has 0 saturated carbocycles. The Labute approximate surface area is 182 Å². The predicted molar refractivity (Wildman–Crippen MR) is 121 cm³/mol. The summed E-state index contributed by atoms with van der Waals surface area (Å²) in [5.41, 5.74) is 2.71. The average Bonchev–Trinajstić information content (AvgIpc) is 2.79. The molecule has 0 aliphatic heterocycles. The van der Waals surface area contributed by atoms with Crippen LogP contribution < -0.4 is 25.2 Å². The maximum atomic E-state index is 12.6. The number of nitrogens with one attached hydrogen (secondary N) is 2. The minimum atomic E-state index is -0.330. The van der Waals surface area contributed by atoms with E-state index in [1.807, 2.05) is 36.4 Å². The Kier molecular flexibility index (Phi) is 7.18. The van der Waals surface area contributed by atoms with Crippen LogP contribution in [0.3, 0.4) is 0 Å². The normalized spacial score (nSPS) is 10.7. The zero-order valence-electron chi connectivity index (χ0n) is 18.5. The monoisotopic (exact) mass is 423 g/mol. The Morgan fingerprint density at radius 1 is 1.03 bits per heavy atom. The van der Waals surface area contributed by atoms with Gasteiger partial charge >= 0.3 is 0 Å². The summed E-state index contributed by atoms with van der Waals surface area (Å²) in [4.78, 5) is 14.8. The fraction of sp³-hybridized carbons (Fsp3) is 0.333. The van der Waals surface area contributed by atoms with Crippen molar-refractivity contribution in [1.29, 1.82) is 5.41 Å². The van der Waals surface area contributed by atoms with Crippen LogP contribution in [-0.4, -0.2) is 39.8 Å². The first-order chi connectivity index (χ1) is 15.0. The highest BCUT2D eigenvalue weighted by Crippen LogP contribution is 2.27. The number of benzene rings is 2. The third-order valence-electron chi connectivity index (χ3n) is 5.27. The van der Waals surface area contributed by atoms with Crippen LogP contribution in [0.25, 0.3) is 11.0 Å². The summed E-state index contributed by atoms with van der Waals surface area (Å²) in [6, 6.07) is 13.2. The number of carbonyl (C=O) groups is 1. The summed E-state index contributed by atoms with van der Waals surface area (Å²) in [5, 5.41) is 11.8. The van der Waals surface area contributed by atoms with Gasteiger partial charge in [0.25, 0.3) is 5.91 Å². The van der Waals surface area contributed by atoms with Gasteiger partial charge in [-0.05, 0) is 56.2 Å². The Morgan fingerprint density at radius 3 is 2.45 bits per heavy atom. The largest absolute Gasteiger partial charge is 0.493 e. The third-order valence-corrected chi connectivity index (χ3v) is 5.27. The van der Waals surface area contributed by atoms with Crippen molar-refractivity contribution < 1.29 is 18.7 Å². The van der Waals surface area contributed by atoms with E-state index < -0.39 is 0 Å². The summed E-state index contributed by atoms with van der Waals surface area (Å²) < 4.78 is 16.2. The van der Waals surface area contributed by atoms with Crippen LogP contribution in [0, 0.1) is 5.41 Å². The Balaban J connectivity index is 1.71. The predicted octanol–water partition coefficient (Wildman–Crippen LogP) is 3.75. The average molecular weight is 424 g/mol. The van der Waals surface area contributed by atoms with Gasteiger partial charge in [0.2, 0.25) is 5.55 Å². The molecule has 0 radical (unpaired) electrons. The molecule has 7 nitrogen and oxygen atoms in total. The molecule has 0 unspecified atom stereocenters. The van der Waals surface area contributed by atoms with Crippen LogP contribution in [0.15, 0.2) is 46.9 Å². The Hall–Kier alpha value is -3.48. The van der Waals surface area contributed by atoms with Gasteiger partial charge in [0.15, 0.2) is 11.5 Å². The summed E-state index contributed by atoms with van der Waals surface area (Å²) in [6.45, 7) is 6.38. The van der Waals surface area contributed by atoms with E-state index >= 15 is 0 Å². The zero-order chi connectivity index (χ0) is 22.4. The molecule has 0 spiro atoms. The number of hydrogen-bond donors (Lipinski definition) is 2. The molecule has 0 aliphatic rings. The minimum absolute atomic E-state index is 0.146. The minimum Gasteiger partial charge on any atom is -0.493 e. The molecule has 1 heterocycles. The Bertz CT molecular complexity index is 1120. The van der Waals surface area contributed by atoms with E-state index in [1.165, 1.54) is 0 Å². The van der Waals surface area contributed by atoms with Gasteiger partial charge < -0.3 is 24.1 Å². The van der Waals surface area contributed by atoms with Crippen LogP contribution in [0.2, 0.25) is 0 Å². The lowest BCUT2D eigenvalue weighted by molar-refractivity contribution is 0.0950. The molecule has 1 aromatic heterocycles. The molecular formula is C24H29N3O4. The summed E-state index contributed by atoms with van der Waals surface area (Å²) in [5.74, 6) is 0.984. The van der Waals surface area contributed by atoms with Crippen molar-refractivity contribution in [2.45, 2.75) is 20.3 Å². The Morgan fingerprint density at radius 2 is 1.77 bits per heavy atom. The molecule has 3 rings (SSSR count). The zero-order valence-corrected chi connectivity index (χ0v) is 18.5. The fourth-order valence-corrected chi connectivity index (χ4v) is 3.52. The van der Waals surface area contributed by atoms with Gasteiger partial charge in [0.1, 0.15) is 11.1 Å². The fourth-order valence-electron chi connectivity index (χ4n) is 3.52. The molecule has 0 aliphatic carbocycles. The maximum absolute atomic E-state index is 12.6. The van der Waals surface area contributed by atoms with Crippen LogP contribution in [0.5, 0.6) is 11.5 Å². The lowest BCUT2D eigenvalue weighted by Gasteiger charge is -2.21. The molecule has 1 amide bonds. The van der Waals surface area contributed by atoms with E-state index in [2.05, 4.69) is 24.1 Å². The lowest BCUT2D eigenvalue weighted by atomic mass is 10.1. The van der Waals surface area contributed by atoms with Crippen LogP contribution in [0.4, 0.5) is 5.69 Å². The van der Waals surface area contributed by atoms with Crippen molar-refractivity contribution in [3.63, 3.8) is 0 Å².